The van der Waals surface area contributed by atoms with Crippen molar-refractivity contribution < 1.29 is 22.7 Å². The average molecular weight is 497 g/mol. The summed E-state index contributed by atoms with van der Waals surface area (Å²) in [7, 11) is -1.95. The lowest BCUT2D eigenvalue weighted by molar-refractivity contribution is 0.0947. The van der Waals surface area contributed by atoms with Gasteiger partial charge in [-0.15, -0.1) is 0 Å². The first-order valence-corrected chi connectivity index (χ1v) is 13.4. The lowest BCUT2D eigenvalue weighted by Crippen LogP contribution is -2.29. The van der Waals surface area contributed by atoms with Crippen LogP contribution in [0.1, 0.15) is 34.8 Å². The molecule has 3 aromatic rings. The summed E-state index contributed by atoms with van der Waals surface area (Å²) in [5, 5.41) is 2.84. The van der Waals surface area contributed by atoms with Crippen molar-refractivity contribution in [1.82, 2.24) is 5.32 Å². The van der Waals surface area contributed by atoms with Gasteiger partial charge in [0.15, 0.2) is 0 Å². The molecule has 1 N–H and O–H groups in total. The summed E-state index contributed by atoms with van der Waals surface area (Å²) < 4.78 is 36.9. The zero-order valence-corrected chi connectivity index (χ0v) is 21.2. The highest BCUT2D eigenvalue weighted by atomic mass is 32.2. The molecule has 0 aliphatic heterocycles. The number of hydrogen-bond donors (Lipinski definition) is 1. The maximum Gasteiger partial charge on any atom is 0.251 e. The van der Waals surface area contributed by atoms with E-state index in [1.54, 1.807) is 55.6 Å². The molecule has 7 nitrogen and oxygen atoms in total. The van der Waals surface area contributed by atoms with Gasteiger partial charge in [0.05, 0.1) is 32.1 Å². The molecule has 1 amide bonds. The van der Waals surface area contributed by atoms with Gasteiger partial charge in [0, 0.05) is 5.56 Å². The van der Waals surface area contributed by atoms with Crippen molar-refractivity contribution in [2.45, 2.75) is 26.3 Å². The Morgan fingerprint density at radius 3 is 2.06 bits per heavy atom. The Bertz CT molecular complexity index is 1190. The molecule has 0 saturated carbocycles. The van der Waals surface area contributed by atoms with E-state index < -0.39 is 10.0 Å². The van der Waals surface area contributed by atoms with Crippen molar-refractivity contribution in [3.05, 3.63) is 89.5 Å². The molecule has 0 heterocycles. The highest BCUT2D eigenvalue weighted by molar-refractivity contribution is 7.92. The van der Waals surface area contributed by atoms with Crippen LogP contribution in [-0.4, -0.2) is 40.8 Å². The highest BCUT2D eigenvalue weighted by Gasteiger charge is 2.18. The first kappa shape index (κ1) is 26.1. The Hall–Kier alpha value is -3.52. The minimum absolute atomic E-state index is 0.151. The van der Waals surface area contributed by atoms with E-state index in [1.807, 2.05) is 12.1 Å². The number of nitrogens with zero attached hydrogens (tertiary/aromatic N) is 1. The Balaban J connectivity index is 1.53. The number of hydrogen-bond acceptors (Lipinski definition) is 5. The number of amides is 1. The van der Waals surface area contributed by atoms with Gasteiger partial charge in [-0.25, -0.2) is 8.42 Å². The van der Waals surface area contributed by atoms with Crippen LogP contribution in [0.5, 0.6) is 11.5 Å². The number of aryl methyl sites for hydroxylation is 1. The molecule has 0 radical (unpaired) electrons. The molecule has 8 heteroatoms. The van der Waals surface area contributed by atoms with Crippen molar-refractivity contribution in [1.29, 1.82) is 0 Å². The maximum absolute atomic E-state index is 12.5. The van der Waals surface area contributed by atoms with Gasteiger partial charge in [0.25, 0.3) is 5.91 Å². The van der Waals surface area contributed by atoms with Crippen molar-refractivity contribution in [2.75, 3.05) is 30.8 Å². The molecule has 0 aromatic heterocycles. The molecule has 35 heavy (non-hydrogen) atoms. The summed E-state index contributed by atoms with van der Waals surface area (Å²) >= 11 is 0. The summed E-state index contributed by atoms with van der Waals surface area (Å²) in [6.45, 7) is 3.03. The quantitative estimate of drug-likeness (QED) is 0.375. The minimum Gasteiger partial charge on any atom is -0.497 e. The monoisotopic (exact) mass is 496 g/mol. The van der Waals surface area contributed by atoms with Crippen LogP contribution in [-0.2, 0) is 23.0 Å². The Labute approximate surface area is 207 Å². The van der Waals surface area contributed by atoms with Crippen LogP contribution in [0.15, 0.2) is 72.8 Å². The summed E-state index contributed by atoms with van der Waals surface area (Å²) in [4.78, 5) is 12.5. The molecule has 0 saturated heterocycles. The van der Waals surface area contributed by atoms with Gasteiger partial charge in [0.2, 0.25) is 10.0 Å². The van der Waals surface area contributed by atoms with Crippen LogP contribution in [0.4, 0.5) is 5.69 Å². The predicted octanol–water partition coefficient (Wildman–Crippen LogP) is 4.42. The summed E-state index contributed by atoms with van der Waals surface area (Å²) in [6.07, 6.45) is 3.31. The van der Waals surface area contributed by atoms with Crippen LogP contribution in [0.3, 0.4) is 0 Å². The van der Waals surface area contributed by atoms with Gasteiger partial charge in [-0.3, -0.25) is 9.10 Å². The van der Waals surface area contributed by atoms with Gasteiger partial charge in [0.1, 0.15) is 18.1 Å². The maximum atomic E-state index is 12.5. The van der Waals surface area contributed by atoms with E-state index in [4.69, 9.17) is 9.47 Å². The van der Waals surface area contributed by atoms with Crippen LogP contribution < -0.4 is 19.1 Å². The van der Waals surface area contributed by atoms with E-state index >= 15 is 0 Å². The molecule has 0 aliphatic rings. The topological polar surface area (TPSA) is 84.9 Å². The van der Waals surface area contributed by atoms with E-state index in [0.717, 1.165) is 24.2 Å². The third-order valence-corrected chi connectivity index (χ3v) is 6.56. The fourth-order valence-corrected chi connectivity index (χ4v) is 4.44. The molecular formula is C27H32N2O5S. The van der Waals surface area contributed by atoms with Crippen molar-refractivity contribution in [2.24, 2.45) is 0 Å². The first-order valence-electron chi connectivity index (χ1n) is 11.5. The van der Waals surface area contributed by atoms with E-state index in [1.165, 1.54) is 16.1 Å². The third-order valence-electron chi connectivity index (χ3n) is 5.42. The number of methoxy groups -OCH3 is 1. The van der Waals surface area contributed by atoms with Crippen molar-refractivity contribution in [3.8, 4) is 11.5 Å². The second-order valence-electron chi connectivity index (χ2n) is 8.16. The van der Waals surface area contributed by atoms with Crippen LogP contribution in [0.2, 0.25) is 0 Å². The SMILES string of the molecule is CCCc1ccc(OCCNC(=O)c2ccc(CN(c3ccc(OC)cc3)S(C)(=O)=O)cc2)cc1. The number of nitrogens with one attached hydrogen (secondary N) is 1. The smallest absolute Gasteiger partial charge is 0.251 e. The average Bonchev–Trinajstić information content (AvgIpc) is 2.86. The third kappa shape index (κ3) is 7.75. The molecule has 0 bridgehead atoms. The minimum atomic E-state index is -3.51. The van der Waals surface area contributed by atoms with E-state index in [9.17, 15) is 13.2 Å². The molecule has 0 fully saturated rings. The Morgan fingerprint density at radius 2 is 1.49 bits per heavy atom. The molecule has 3 rings (SSSR count). The van der Waals surface area contributed by atoms with Gasteiger partial charge < -0.3 is 14.8 Å². The predicted molar refractivity (Wildman–Crippen MR) is 139 cm³/mol. The number of ether oxygens (including phenoxy) is 2. The van der Waals surface area contributed by atoms with Gasteiger partial charge in [-0.2, -0.15) is 0 Å². The second-order valence-corrected chi connectivity index (χ2v) is 10.1. The summed E-state index contributed by atoms with van der Waals surface area (Å²) in [5.41, 5.74) is 3.07. The van der Waals surface area contributed by atoms with Gasteiger partial charge in [-0.1, -0.05) is 37.6 Å². The Kier molecular flexibility index (Phi) is 9.14. The number of anilines is 1. The largest absolute Gasteiger partial charge is 0.497 e. The fourth-order valence-electron chi connectivity index (χ4n) is 3.55. The van der Waals surface area contributed by atoms with Gasteiger partial charge >= 0.3 is 0 Å². The normalized spacial score (nSPS) is 11.1. The molecule has 0 atom stereocenters. The van der Waals surface area contributed by atoms with Crippen molar-refractivity contribution >= 4 is 21.6 Å². The fraction of sp³-hybridized carbons (Fsp3) is 0.296. The number of rotatable bonds is 12. The zero-order valence-electron chi connectivity index (χ0n) is 20.4. The molecule has 186 valence electrons. The Morgan fingerprint density at radius 1 is 0.886 bits per heavy atom. The number of sulfonamides is 1. The van der Waals surface area contributed by atoms with Crippen LogP contribution in [0.25, 0.3) is 0 Å². The summed E-state index contributed by atoms with van der Waals surface area (Å²) in [6, 6.07) is 21.7. The van der Waals surface area contributed by atoms with Crippen LogP contribution >= 0.6 is 0 Å². The highest BCUT2D eigenvalue weighted by Crippen LogP contribution is 2.23. The molecule has 3 aromatic carbocycles. The summed E-state index contributed by atoms with van der Waals surface area (Å²) in [5.74, 6) is 1.21. The molecular weight excluding hydrogens is 464 g/mol. The standard InChI is InChI=1S/C27H32N2O5S/c1-4-5-21-8-14-26(15-9-21)34-19-18-28-27(30)23-10-6-22(7-11-23)20-29(35(3,31)32)24-12-16-25(33-2)17-13-24/h6-17H,4-5,18-20H2,1-3H3,(H,28,30). The lowest BCUT2D eigenvalue weighted by Gasteiger charge is -2.23. The lowest BCUT2D eigenvalue weighted by atomic mass is 10.1. The molecule has 0 spiro atoms. The van der Waals surface area contributed by atoms with E-state index in [-0.39, 0.29) is 12.5 Å². The molecule has 0 aliphatic carbocycles. The zero-order chi connectivity index (χ0) is 25.3. The number of carbonyl (C=O) groups is 1. The van der Waals surface area contributed by atoms with Crippen molar-refractivity contribution in [3.63, 3.8) is 0 Å². The van der Waals surface area contributed by atoms with E-state index in [0.29, 0.717) is 30.2 Å². The number of carbonyl (C=O) groups excluding carboxylic acids is 1. The van der Waals surface area contributed by atoms with Gasteiger partial charge in [-0.05, 0) is 66.1 Å². The van der Waals surface area contributed by atoms with E-state index in [2.05, 4.69) is 24.4 Å². The molecule has 0 unspecified atom stereocenters. The first-order chi connectivity index (χ1) is 16.8. The number of benzene rings is 3. The second kappa shape index (κ2) is 12.3. The van der Waals surface area contributed by atoms with Crippen LogP contribution in [0, 0.1) is 0 Å².